The van der Waals surface area contributed by atoms with Gasteiger partial charge in [-0.05, 0) is 221 Å². The van der Waals surface area contributed by atoms with Crippen LogP contribution in [-0.2, 0) is 13.0 Å². The van der Waals surface area contributed by atoms with Crippen LogP contribution in [0.1, 0.15) is 95.9 Å². The second kappa shape index (κ2) is 27.1. The van der Waals surface area contributed by atoms with Crippen molar-refractivity contribution < 1.29 is 9.47 Å². The second-order valence-electron chi connectivity index (χ2n) is 20.4. The first-order chi connectivity index (χ1) is 34.1. The van der Waals surface area contributed by atoms with Gasteiger partial charge in [0.15, 0.2) is 11.5 Å². The fourth-order valence-electron chi connectivity index (χ4n) is 9.63. The van der Waals surface area contributed by atoms with Crippen LogP contribution in [0.4, 0.5) is 17.5 Å². The number of ether oxygens (including phenoxy) is 2. The van der Waals surface area contributed by atoms with Gasteiger partial charge in [0.05, 0.1) is 5.52 Å². The molecule has 3 unspecified atom stereocenters. The van der Waals surface area contributed by atoms with Gasteiger partial charge in [0.2, 0.25) is 12.7 Å². The predicted molar refractivity (Wildman–Crippen MR) is 297 cm³/mol. The Morgan fingerprint density at radius 3 is 1.96 bits per heavy atom. The molecule has 4 aromatic carbocycles. The topological polar surface area (TPSA) is 134 Å². The minimum absolute atomic E-state index is 0.322. The van der Waals surface area contributed by atoms with Gasteiger partial charge in [-0.3, -0.25) is 0 Å². The first-order valence-electron chi connectivity index (χ1n) is 25.9. The first-order valence-corrected chi connectivity index (χ1v) is 25.9. The highest BCUT2D eigenvalue weighted by atomic mass is 16.7. The number of nitrogens with two attached hydrogens (primary N) is 2. The van der Waals surface area contributed by atoms with E-state index in [1.54, 1.807) is 29.6 Å². The number of piperidine rings is 2. The van der Waals surface area contributed by atoms with Crippen LogP contribution in [0, 0.1) is 34.6 Å². The van der Waals surface area contributed by atoms with E-state index in [9.17, 15) is 0 Å². The van der Waals surface area contributed by atoms with Crippen LogP contribution in [0.15, 0.2) is 97.3 Å². The summed E-state index contributed by atoms with van der Waals surface area (Å²) in [5.74, 6) is 3.35. The molecule has 0 amide bonds. The number of hydrogen-bond acceptors (Lipinski definition) is 12. The second-order valence-corrected chi connectivity index (χ2v) is 20.4. The van der Waals surface area contributed by atoms with Crippen molar-refractivity contribution in [1.29, 1.82) is 0 Å². The van der Waals surface area contributed by atoms with Crippen LogP contribution in [0.2, 0.25) is 0 Å². The normalized spacial score (nSPS) is 19.8. The number of hydrogen-bond donors (Lipinski definition) is 3. The molecule has 12 nitrogen and oxygen atoms in total. The van der Waals surface area contributed by atoms with E-state index in [-0.39, 0.29) is 0 Å². The summed E-state index contributed by atoms with van der Waals surface area (Å²) in [6.07, 6.45) is 12.8. The number of rotatable bonds is 0. The number of likely N-dealkylation sites (tertiary alicyclic amines) is 3. The molecule has 382 valence electrons. The molecule has 12 heteroatoms. The smallest absolute Gasteiger partial charge is 0.231 e. The third kappa shape index (κ3) is 16.9. The van der Waals surface area contributed by atoms with E-state index in [1.807, 2.05) is 61.5 Å². The van der Waals surface area contributed by atoms with Crippen molar-refractivity contribution in [3.63, 3.8) is 0 Å². The van der Waals surface area contributed by atoms with Crippen molar-refractivity contribution in [2.45, 2.75) is 111 Å². The monoisotopic (exact) mass is 965 g/mol. The largest absolute Gasteiger partial charge is 0.454 e. The molecule has 2 aromatic heterocycles. The van der Waals surface area contributed by atoms with Crippen LogP contribution in [0.3, 0.4) is 0 Å². The highest BCUT2D eigenvalue weighted by Gasteiger charge is 2.35. The summed E-state index contributed by atoms with van der Waals surface area (Å²) >= 11 is 0. The highest BCUT2D eigenvalue weighted by molar-refractivity contribution is 5.79. The molecule has 0 spiro atoms. The third-order valence-electron chi connectivity index (χ3n) is 14.4. The number of para-hydroxylation sites is 1. The molecule has 6 aromatic rings. The van der Waals surface area contributed by atoms with Crippen molar-refractivity contribution in [2.24, 2.45) is 0 Å². The zero-order valence-corrected chi connectivity index (χ0v) is 44.7. The molecule has 3 fully saturated rings. The number of pyridine rings is 1. The maximum absolute atomic E-state index is 5.51. The zero-order chi connectivity index (χ0) is 50.9. The molecular formula is C59H84N10O2. The summed E-state index contributed by atoms with van der Waals surface area (Å²) in [5.41, 5.74) is 24.5. The minimum Gasteiger partial charge on any atom is -0.454 e. The predicted octanol–water partition coefficient (Wildman–Crippen LogP) is 10.6. The number of anilines is 3. The van der Waals surface area contributed by atoms with Crippen molar-refractivity contribution in [1.82, 2.24) is 34.6 Å². The Kier molecular flexibility index (Phi) is 20.9. The van der Waals surface area contributed by atoms with Crippen molar-refractivity contribution >= 4 is 28.4 Å². The first kappa shape index (κ1) is 54.5. The van der Waals surface area contributed by atoms with E-state index in [1.165, 1.54) is 123 Å². The standard InChI is InChI=1S/C14H20N2.C12H17N.C9H8N2.C8H8O2.2C6H13N.C4H5N3/c1-9-6-12-11-4-5-16(3)8-14(11)15-13(12)7-10(9)2;1-9-6-11-4-5-13(3)8-12(11)7-10(9)2;10-9-6-5-7-3-1-2-4-8(7)11-9;1-6-2-3-7-8(4-6)10-5-9-7;1-6-4-3-5-7(6)2;1-7-5-3-2-4-6-7;5-4-6-2-1-3-7-4/h6-7,11,14-15H,4-5,8H2,1-3H3;6-7H,4-5,8H2,1-3H3;1-6H,(H2,10,11);2-4H,5H2,1H3;6H,3-5H2,1-2H3;2-6H2,1H3;1-3H,(H2,5,6,7). The molecule has 3 atom stereocenters. The molecule has 0 radical (unpaired) electrons. The van der Waals surface area contributed by atoms with Crippen molar-refractivity contribution in [3.8, 4) is 11.5 Å². The molecule has 0 aliphatic carbocycles. The van der Waals surface area contributed by atoms with Gasteiger partial charge in [0.25, 0.3) is 0 Å². The molecule has 71 heavy (non-hydrogen) atoms. The van der Waals surface area contributed by atoms with Gasteiger partial charge in [-0.25, -0.2) is 15.0 Å². The van der Waals surface area contributed by atoms with E-state index in [2.05, 4.69) is 127 Å². The van der Waals surface area contributed by atoms with Gasteiger partial charge in [0.1, 0.15) is 5.82 Å². The lowest BCUT2D eigenvalue weighted by Gasteiger charge is -2.32. The zero-order valence-electron chi connectivity index (χ0n) is 44.7. The fraction of sp³-hybridized carbons (Fsp3) is 0.475. The van der Waals surface area contributed by atoms with Gasteiger partial charge in [-0.2, -0.15) is 0 Å². The lowest BCUT2D eigenvalue weighted by molar-refractivity contribution is 0.174. The number of likely N-dealkylation sites (N-methyl/N-ethyl adjacent to an activating group) is 2. The molecule has 8 heterocycles. The van der Waals surface area contributed by atoms with Crippen LogP contribution in [0.5, 0.6) is 11.5 Å². The minimum atomic E-state index is 0.322. The summed E-state index contributed by atoms with van der Waals surface area (Å²) in [6, 6.07) is 30.2. The average molecular weight is 965 g/mol. The summed E-state index contributed by atoms with van der Waals surface area (Å²) in [5, 5.41) is 4.82. The summed E-state index contributed by atoms with van der Waals surface area (Å²) < 4.78 is 10.3. The van der Waals surface area contributed by atoms with E-state index < -0.39 is 0 Å². The third-order valence-corrected chi connectivity index (χ3v) is 14.4. The molecular weight excluding hydrogens is 881 g/mol. The SMILES string of the molecule is CC1CCCN1C.CN1CCCCC1.Cc1cc2c(cc1C)C1CCN(C)CC1N2.Cc1cc2c(cc1C)CN(C)CC2.Cc1ccc2c(c1)OCO2.Nc1ccc2ccccc2n1.Nc1ncccn1. The Bertz CT molecular complexity index is 2560. The molecule has 0 saturated carbocycles. The molecule has 12 rings (SSSR count). The van der Waals surface area contributed by atoms with Gasteiger partial charge < -0.3 is 45.9 Å². The van der Waals surface area contributed by atoms with Gasteiger partial charge >= 0.3 is 0 Å². The lowest BCUT2D eigenvalue weighted by atomic mass is 9.87. The Morgan fingerprint density at radius 2 is 1.31 bits per heavy atom. The molecule has 0 bridgehead atoms. The maximum Gasteiger partial charge on any atom is 0.231 e. The maximum atomic E-state index is 5.51. The van der Waals surface area contributed by atoms with E-state index in [4.69, 9.17) is 20.9 Å². The van der Waals surface area contributed by atoms with E-state index >= 15 is 0 Å². The van der Waals surface area contributed by atoms with E-state index in [0.29, 0.717) is 24.6 Å². The molecule has 6 aliphatic rings. The van der Waals surface area contributed by atoms with Gasteiger partial charge in [0, 0.05) is 61.1 Å². The van der Waals surface area contributed by atoms with Gasteiger partial charge in [-0.1, -0.05) is 48.9 Å². The number of benzene rings is 4. The molecule has 6 aliphatic heterocycles. The number of aromatic nitrogens is 3. The van der Waals surface area contributed by atoms with Crippen LogP contribution in [-0.4, -0.2) is 121 Å². The summed E-state index contributed by atoms with van der Waals surface area (Å²) in [6.45, 7) is 22.2. The van der Waals surface area contributed by atoms with Crippen LogP contribution < -0.4 is 26.3 Å². The molecule has 3 saturated heterocycles. The fourth-order valence-corrected chi connectivity index (χ4v) is 9.63. The number of nitrogen functional groups attached to an aromatic ring is 2. The van der Waals surface area contributed by atoms with Crippen LogP contribution >= 0.6 is 0 Å². The highest BCUT2D eigenvalue weighted by Crippen LogP contribution is 2.41. The molecule has 5 N–H and O–H groups in total. The summed E-state index contributed by atoms with van der Waals surface area (Å²) in [7, 11) is 8.80. The number of fused-ring (bicyclic) bond motifs is 6. The Morgan fingerprint density at radius 1 is 0.620 bits per heavy atom. The average Bonchev–Trinajstić information content (AvgIpc) is 4.08. The Labute approximate surface area is 426 Å². The quantitative estimate of drug-likeness (QED) is 0.134. The van der Waals surface area contributed by atoms with E-state index in [0.717, 1.165) is 40.9 Å². The lowest BCUT2D eigenvalue weighted by Crippen LogP contribution is -2.41. The van der Waals surface area contributed by atoms with Crippen molar-refractivity contribution in [3.05, 3.63) is 142 Å². The Hall–Kier alpha value is -5.79. The number of nitrogens with one attached hydrogen (secondary N) is 1. The Balaban J connectivity index is 0.000000139. The number of aryl methyl sites for hydroxylation is 5. The van der Waals surface area contributed by atoms with Crippen LogP contribution in [0.25, 0.3) is 10.9 Å². The van der Waals surface area contributed by atoms with Crippen molar-refractivity contribution in [2.75, 3.05) is 91.0 Å². The van der Waals surface area contributed by atoms with Gasteiger partial charge in [-0.15, -0.1) is 0 Å². The number of nitrogens with zero attached hydrogens (tertiary/aromatic N) is 7. The summed E-state index contributed by atoms with van der Waals surface area (Å²) in [4.78, 5) is 21.1.